The average Bonchev–Trinajstić information content (AvgIpc) is 2.81. The molecule has 2 saturated heterocycles. The highest BCUT2D eigenvalue weighted by Crippen LogP contribution is 2.33. The molecule has 4 rings (SSSR count). The van der Waals surface area contributed by atoms with Gasteiger partial charge in [0.1, 0.15) is 10.7 Å². The van der Waals surface area contributed by atoms with Crippen LogP contribution in [0, 0.1) is 17.5 Å². The van der Waals surface area contributed by atoms with E-state index >= 15 is 0 Å². The van der Waals surface area contributed by atoms with Gasteiger partial charge in [0.15, 0.2) is 39.1 Å². The van der Waals surface area contributed by atoms with Crippen LogP contribution in [0.3, 0.4) is 0 Å². The molecule has 2 aromatic rings. The molecule has 1 amide bonds. The number of nitrogens with zero attached hydrogens (tertiary/aromatic N) is 3. The molecule has 0 spiro atoms. The van der Waals surface area contributed by atoms with E-state index in [1.54, 1.807) is 4.90 Å². The number of carbonyl (C=O) groups is 1. The number of pyridine rings is 1. The van der Waals surface area contributed by atoms with Gasteiger partial charge in [0.2, 0.25) is 0 Å². The van der Waals surface area contributed by atoms with E-state index in [0.29, 0.717) is 50.2 Å². The van der Waals surface area contributed by atoms with Crippen molar-refractivity contribution in [3.05, 3.63) is 47.4 Å². The standard InChI is InChI=1S/C23H23F6N3O4S/c1-37(34,35)20-11-15(24)19(10-16(20)25)36-18-3-2-6-32(22(18)33)14-4-7-31(8-5-14)21-17(26)9-13(12-30-21)23(27,28)29/h9-12,14,18H,2-8H2,1H3. The molecule has 2 fully saturated rings. The lowest BCUT2D eigenvalue weighted by Gasteiger charge is -2.42. The van der Waals surface area contributed by atoms with E-state index in [1.807, 2.05) is 0 Å². The Bertz CT molecular complexity index is 1300. The minimum atomic E-state index is -4.71. The number of rotatable bonds is 5. The Labute approximate surface area is 208 Å². The number of sulfone groups is 1. The van der Waals surface area contributed by atoms with Gasteiger partial charge in [0.25, 0.3) is 5.91 Å². The fourth-order valence-electron chi connectivity index (χ4n) is 4.58. The zero-order valence-corrected chi connectivity index (χ0v) is 20.4. The zero-order valence-electron chi connectivity index (χ0n) is 19.6. The Balaban J connectivity index is 1.41. The lowest BCUT2D eigenvalue weighted by molar-refractivity contribution is -0.145. The molecule has 1 unspecified atom stereocenters. The van der Waals surface area contributed by atoms with E-state index in [9.17, 15) is 39.6 Å². The van der Waals surface area contributed by atoms with Gasteiger partial charge in [-0.05, 0) is 37.8 Å². The minimum absolute atomic E-state index is 0.201. The average molecular weight is 552 g/mol. The van der Waals surface area contributed by atoms with Crippen LogP contribution in [0.5, 0.6) is 5.75 Å². The van der Waals surface area contributed by atoms with Crippen LogP contribution in [0.25, 0.3) is 0 Å². The normalized spacial score (nSPS) is 19.9. The fraction of sp³-hybridized carbons (Fsp3) is 0.478. The van der Waals surface area contributed by atoms with E-state index in [-0.39, 0.29) is 31.4 Å². The number of hydrogen-bond donors (Lipinski definition) is 0. The number of halogens is 6. The minimum Gasteiger partial charge on any atom is -0.477 e. The van der Waals surface area contributed by atoms with Crippen LogP contribution >= 0.6 is 0 Å². The summed E-state index contributed by atoms with van der Waals surface area (Å²) >= 11 is 0. The monoisotopic (exact) mass is 551 g/mol. The van der Waals surface area contributed by atoms with Crippen molar-refractivity contribution in [3.63, 3.8) is 0 Å². The molecule has 37 heavy (non-hydrogen) atoms. The summed E-state index contributed by atoms with van der Waals surface area (Å²) in [5, 5.41) is 0. The molecule has 0 N–H and O–H groups in total. The van der Waals surface area contributed by atoms with Crippen LogP contribution < -0.4 is 9.64 Å². The van der Waals surface area contributed by atoms with Crippen LogP contribution in [0.2, 0.25) is 0 Å². The van der Waals surface area contributed by atoms with Crippen LogP contribution in [-0.4, -0.2) is 62.2 Å². The van der Waals surface area contributed by atoms with E-state index in [0.717, 1.165) is 6.26 Å². The molecule has 3 heterocycles. The first-order valence-electron chi connectivity index (χ1n) is 11.4. The predicted molar refractivity (Wildman–Crippen MR) is 119 cm³/mol. The van der Waals surface area contributed by atoms with Crippen LogP contribution in [0.15, 0.2) is 29.3 Å². The molecule has 0 aliphatic carbocycles. The van der Waals surface area contributed by atoms with Gasteiger partial charge in [-0.25, -0.2) is 26.6 Å². The number of aromatic nitrogens is 1. The van der Waals surface area contributed by atoms with E-state index < -0.39 is 61.7 Å². The third-order valence-corrected chi connectivity index (χ3v) is 7.54. The largest absolute Gasteiger partial charge is 0.477 e. The molecular weight excluding hydrogens is 528 g/mol. The predicted octanol–water partition coefficient (Wildman–Crippen LogP) is 3.96. The highest BCUT2D eigenvalue weighted by molar-refractivity contribution is 7.90. The lowest BCUT2D eigenvalue weighted by atomic mass is 9.98. The number of ether oxygens (including phenoxy) is 1. The molecule has 2 aliphatic rings. The topological polar surface area (TPSA) is 79.8 Å². The van der Waals surface area contributed by atoms with Gasteiger partial charge in [0.05, 0.1) is 5.56 Å². The maximum Gasteiger partial charge on any atom is 0.417 e. The number of benzene rings is 1. The van der Waals surface area contributed by atoms with Crippen molar-refractivity contribution in [2.24, 2.45) is 0 Å². The van der Waals surface area contributed by atoms with E-state index in [1.165, 1.54) is 4.90 Å². The van der Waals surface area contributed by atoms with E-state index in [2.05, 4.69) is 4.98 Å². The van der Waals surface area contributed by atoms with Gasteiger partial charge in [-0.15, -0.1) is 0 Å². The van der Waals surface area contributed by atoms with Crippen molar-refractivity contribution in [1.29, 1.82) is 0 Å². The molecule has 1 aromatic carbocycles. The smallest absolute Gasteiger partial charge is 0.417 e. The summed E-state index contributed by atoms with van der Waals surface area (Å²) in [6.45, 7) is 0.865. The maximum absolute atomic E-state index is 14.4. The van der Waals surface area contributed by atoms with Gasteiger partial charge < -0.3 is 14.5 Å². The number of piperidine rings is 2. The third-order valence-electron chi connectivity index (χ3n) is 6.43. The van der Waals surface area contributed by atoms with Crippen molar-refractivity contribution >= 4 is 21.6 Å². The molecule has 202 valence electrons. The Morgan fingerprint density at radius 3 is 2.24 bits per heavy atom. The van der Waals surface area contributed by atoms with Crippen molar-refractivity contribution in [2.75, 3.05) is 30.8 Å². The molecule has 0 saturated carbocycles. The Hall–Kier alpha value is -3.03. The number of likely N-dealkylation sites (tertiary alicyclic amines) is 1. The molecular formula is C23H23F6N3O4S. The van der Waals surface area contributed by atoms with Gasteiger partial charge in [-0.1, -0.05) is 0 Å². The Morgan fingerprint density at radius 1 is 0.973 bits per heavy atom. The molecule has 0 bridgehead atoms. The number of carbonyl (C=O) groups excluding carboxylic acids is 1. The summed E-state index contributed by atoms with van der Waals surface area (Å²) in [5.74, 6) is -4.64. The fourth-order valence-corrected chi connectivity index (χ4v) is 5.31. The molecule has 1 aromatic heterocycles. The Morgan fingerprint density at radius 2 is 1.65 bits per heavy atom. The Kier molecular flexibility index (Phi) is 7.32. The van der Waals surface area contributed by atoms with Crippen LogP contribution in [-0.2, 0) is 20.8 Å². The summed E-state index contributed by atoms with van der Waals surface area (Å²) in [6.07, 6.45) is -3.00. The summed E-state index contributed by atoms with van der Waals surface area (Å²) in [7, 11) is -4.00. The van der Waals surface area contributed by atoms with Gasteiger partial charge in [0, 0.05) is 44.2 Å². The van der Waals surface area contributed by atoms with Crippen molar-refractivity contribution in [2.45, 2.75) is 48.9 Å². The molecule has 1 atom stereocenters. The van der Waals surface area contributed by atoms with Crippen molar-refractivity contribution in [3.8, 4) is 5.75 Å². The first-order chi connectivity index (χ1) is 17.3. The summed E-state index contributed by atoms with van der Waals surface area (Å²) in [4.78, 5) is 19.0. The zero-order chi connectivity index (χ0) is 27.1. The first-order valence-corrected chi connectivity index (χ1v) is 13.3. The highest BCUT2D eigenvalue weighted by atomic mass is 32.2. The number of amides is 1. The first kappa shape index (κ1) is 27.0. The van der Waals surface area contributed by atoms with Gasteiger partial charge in [-0.2, -0.15) is 13.2 Å². The molecule has 14 heteroatoms. The quantitative estimate of drug-likeness (QED) is 0.524. The van der Waals surface area contributed by atoms with Crippen molar-refractivity contribution < 1.29 is 44.3 Å². The second-order valence-electron chi connectivity index (χ2n) is 9.01. The van der Waals surface area contributed by atoms with Crippen LogP contribution in [0.4, 0.5) is 32.2 Å². The summed E-state index contributed by atoms with van der Waals surface area (Å²) in [5.41, 5.74) is -1.18. The summed E-state index contributed by atoms with van der Waals surface area (Å²) < 4.78 is 110. The molecule has 2 aliphatic heterocycles. The number of anilines is 1. The number of alkyl halides is 3. The SMILES string of the molecule is CS(=O)(=O)c1cc(F)c(OC2CCCN(C3CCN(c4ncc(C(F)(F)F)cc4F)CC3)C2=O)cc1F. The van der Waals surface area contributed by atoms with E-state index in [4.69, 9.17) is 4.74 Å². The van der Waals surface area contributed by atoms with Gasteiger partial charge in [-0.3, -0.25) is 4.79 Å². The second kappa shape index (κ2) is 10.0. The number of hydrogen-bond acceptors (Lipinski definition) is 6. The van der Waals surface area contributed by atoms with Gasteiger partial charge >= 0.3 is 6.18 Å². The summed E-state index contributed by atoms with van der Waals surface area (Å²) in [6, 6.07) is 1.23. The maximum atomic E-state index is 14.4. The molecule has 0 radical (unpaired) electrons. The lowest BCUT2D eigenvalue weighted by Crippen LogP contribution is -2.54. The second-order valence-corrected chi connectivity index (χ2v) is 11.0. The van der Waals surface area contributed by atoms with Crippen LogP contribution in [0.1, 0.15) is 31.2 Å². The highest BCUT2D eigenvalue weighted by Gasteiger charge is 2.38. The van der Waals surface area contributed by atoms with Crippen molar-refractivity contribution in [1.82, 2.24) is 9.88 Å². The molecule has 7 nitrogen and oxygen atoms in total. The third kappa shape index (κ3) is 5.78.